The first-order valence-corrected chi connectivity index (χ1v) is 12.5. The third-order valence-electron chi connectivity index (χ3n) is 6.67. The van der Waals surface area contributed by atoms with Crippen molar-refractivity contribution in [3.63, 3.8) is 0 Å². The van der Waals surface area contributed by atoms with Gasteiger partial charge in [0.05, 0.1) is 0 Å². The van der Waals surface area contributed by atoms with Crippen LogP contribution in [0.15, 0.2) is 36.4 Å². The molecular formula is C31H30F4N4Pt. The van der Waals surface area contributed by atoms with Gasteiger partial charge in [0, 0.05) is 16.8 Å². The van der Waals surface area contributed by atoms with Crippen molar-refractivity contribution >= 4 is 0 Å². The summed E-state index contributed by atoms with van der Waals surface area (Å²) in [6.45, 7) is 15.9. The molecule has 0 radical (unpaired) electrons. The van der Waals surface area contributed by atoms with E-state index in [0.29, 0.717) is 11.4 Å². The average molecular weight is 730 g/mol. The molecule has 0 atom stereocenters. The molecule has 0 unspecified atom stereocenters. The summed E-state index contributed by atoms with van der Waals surface area (Å²) in [5.74, 6) is -3.97. The largest absolute Gasteiger partial charge is 2.00 e. The van der Waals surface area contributed by atoms with Crippen LogP contribution in [0.2, 0.25) is 0 Å². The van der Waals surface area contributed by atoms with Gasteiger partial charge in [0.25, 0.3) is 0 Å². The molecule has 0 N–H and O–H groups in total. The second kappa shape index (κ2) is 11.1. The topological polar surface area (TPSA) is 51.6 Å². The standard InChI is InChI=1S/C31H30F4N4.Pt/c1-29(2,3)17-13-21(19-9-11-25(32)38-27(19)34)36-23(15-17)31(7,8)24-16-18(30(4,5)6)14-22(37-24)20-10-12-26(33)39-28(20)35;/h11-16H,1-8H3;/q-2;+2. The summed E-state index contributed by atoms with van der Waals surface area (Å²) < 4.78 is 56.4. The van der Waals surface area contributed by atoms with Crippen molar-refractivity contribution in [1.29, 1.82) is 0 Å². The van der Waals surface area contributed by atoms with Gasteiger partial charge < -0.3 is 9.97 Å². The normalized spacial score (nSPS) is 12.3. The number of hydrogen-bond donors (Lipinski definition) is 0. The van der Waals surface area contributed by atoms with Gasteiger partial charge in [0.1, 0.15) is 23.8 Å². The van der Waals surface area contributed by atoms with Crippen molar-refractivity contribution in [1.82, 2.24) is 19.9 Å². The summed E-state index contributed by atoms with van der Waals surface area (Å²) in [5, 5.41) is 0. The van der Waals surface area contributed by atoms with Crippen LogP contribution >= 0.6 is 0 Å². The minimum atomic E-state index is -1.01. The molecule has 4 rings (SSSR count). The van der Waals surface area contributed by atoms with Gasteiger partial charge in [-0.3, -0.25) is 9.97 Å². The Kier molecular flexibility index (Phi) is 8.76. The van der Waals surface area contributed by atoms with Crippen molar-refractivity contribution in [2.24, 2.45) is 0 Å². The fourth-order valence-corrected chi connectivity index (χ4v) is 4.06. The van der Waals surface area contributed by atoms with E-state index in [0.717, 1.165) is 23.3 Å². The van der Waals surface area contributed by atoms with Gasteiger partial charge in [0.15, 0.2) is 0 Å². The van der Waals surface area contributed by atoms with Crippen molar-refractivity contribution in [2.45, 2.75) is 71.6 Å². The first kappa shape index (κ1) is 31.5. The minimum Gasteiger partial charge on any atom is -0.300 e. The molecular weight excluding hydrogens is 699 g/mol. The molecule has 0 bridgehead atoms. The third-order valence-corrected chi connectivity index (χ3v) is 6.67. The molecule has 4 aromatic heterocycles. The Balaban J connectivity index is 0.00000441. The molecule has 4 heterocycles. The molecule has 0 saturated carbocycles. The Morgan fingerprint density at radius 1 is 0.550 bits per heavy atom. The zero-order valence-corrected chi connectivity index (χ0v) is 25.9. The van der Waals surface area contributed by atoms with E-state index in [2.05, 4.69) is 22.1 Å². The Bertz CT molecular complexity index is 1440. The van der Waals surface area contributed by atoms with E-state index in [1.807, 2.05) is 67.5 Å². The number of pyridine rings is 4. The SMILES string of the molecule is CC(C)(C)c1cc(-c2[c-]cc(F)nc2F)nc(C(C)(C)c2cc(C(C)(C)C)cc(-c3[c-]cc(F)nc3F)n2)c1.[Pt+2]. The van der Waals surface area contributed by atoms with Crippen molar-refractivity contribution < 1.29 is 38.6 Å². The van der Waals surface area contributed by atoms with E-state index in [1.165, 1.54) is 0 Å². The van der Waals surface area contributed by atoms with Gasteiger partial charge in [-0.15, -0.1) is 12.1 Å². The third kappa shape index (κ3) is 6.49. The van der Waals surface area contributed by atoms with Gasteiger partial charge in [-0.25, -0.2) is 17.6 Å². The van der Waals surface area contributed by atoms with Crippen LogP contribution in [0.4, 0.5) is 17.6 Å². The Morgan fingerprint density at radius 2 is 0.900 bits per heavy atom. The summed E-state index contributed by atoms with van der Waals surface area (Å²) in [6, 6.07) is 14.5. The van der Waals surface area contributed by atoms with Crippen LogP contribution in [0.25, 0.3) is 22.5 Å². The Morgan fingerprint density at radius 3 is 1.20 bits per heavy atom. The maximum absolute atomic E-state index is 14.7. The molecule has 0 saturated heterocycles. The molecule has 0 spiro atoms. The van der Waals surface area contributed by atoms with Gasteiger partial charge in [0.2, 0.25) is 0 Å². The van der Waals surface area contributed by atoms with Crippen LogP contribution in [0.5, 0.6) is 0 Å². The molecule has 0 aliphatic carbocycles. The Hall–Kier alpha value is -2.99. The molecule has 0 aliphatic heterocycles. The monoisotopic (exact) mass is 729 g/mol. The molecule has 9 heteroatoms. The van der Waals surface area contributed by atoms with Crippen LogP contribution in [0, 0.1) is 35.9 Å². The van der Waals surface area contributed by atoms with Crippen LogP contribution in [0.1, 0.15) is 77.9 Å². The number of aromatic nitrogens is 4. The molecule has 0 fully saturated rings. The molecule has 40 heavy (non-hydrogen) atoms. The number of hydrogen-bond acceptors (Lipinski definition) is 4. The Labute approximate surface area is 247 Å². The average Bonchev–Trinajstić information content (AvgIpc) is 2.82. The van der Waals surface area contributed by atoms with E-state index in [4.69, 9.17) is 9.97 Å². The zero-order valence-electron chi connectivity index (χ0n) is 23.6. The van der Waals surface area contributed by atoms with Gasteiger partial charge in [-0.05, 0) is 59.3 Å². The summed E-state index contributed by atoms with van der Waals surface area (Å²) in [7, 11) is 0. The fraction of sp³-hybridized carbons (Fsp3) is 0.355. The quantitative estimate of drug-likeness (QED) is 0.123. The number of rotatable bonds is 4. The molecule has 212 valence electrons. The van der Waals surface area contributed by atoms with Gasteiger partial charge in [-0.1, -0.05) is 76.9 Å². The predicted octanol–water partition coefficient (Wildman–Crippen LogP) is 7.68. The van der Waals surface area contributed by atoms with E-state index < -0.39 is 29.2 Å². The molecule has 0 amide bonds. The second-order valence-corrected chi connectivity index (χ2v) is 12.2. The van der Waals surface area contributed by atoms with E-state index in [1.54, 1.807) is 12.1 Å². The van der Waals surface area contributed by atoms with Gasteiger partial charge >= 0.3 is 21.1 Å². The molecule has 0 aliphatic rings. The van der Waals surface area contributed by atoms with Crippen LogP contribution in [0.3, 0.4) is 0 Å². The first-order valence-electron chi connectivity index (χ1n) is 12.5. The summed E-state index contributed by atoms with van der Waals surface area (Å²) >= 11 is 0. The van der Waals surface area contributed by atoms with Crippen LogP contribution in [-0.4, -0.2) is 19.9 Å². The number of halogens is 4. The number of nitrogens with zero attached hydrogens (tertiary/aromatic N) is 4. The van der Waals surface area contributed by atoms with E-state index >= 15 is 0 Å². The summed E-state index contributed by atoms with van der Waals surface area (Å²) in [4.78, 5) is 16.1. The second-order valence-electron chi connectivity index (χ2n) is 12.2. The fourth-order valence-electron chi connectivity index (χ4n) is 4.06. The van der Waals surface area contributed by atoms with Gasteiger partial charge in [-0.2, -0.15) is 0 Å². The van der Waals surface area contributed by atoms with E-state index in [-0.39, 0.29) is 54.4 Å². The smallest absolute Gasteiger partial charge is 0.300 e. The maximum Gasteiger partial charge on any atom is 2.00 e. The van der Waals surface area contributed by atoms with Crippen molar-refractivity contribution in [3.05, 3.63) is 94.8 Å². The van der Waals surface area contributed by atoms with E-state index in [9.17, 15) is 17.6 Å². The van der Waals surface area contributed by atoms with Crippen molar-refractivity contribution in [3.8, 4) is 22.5 Å². The van der Waals surface area contributed by atoms with Crippen LogP contribution in [-0.2, 0) is 37.3 Å². The van der Waals surface area contributed by atoms with Crippen LogP contribution < -0.4 is 0 Å². The molecule has 0 aromatic carbocycles. The maximum atomic E-state index is 14.7. The summed E-state index contributed by atoms with van der Waals surface area (Å²) in [5.41, 5.74) is 1.73. The molecule has 4 nitrogen and oxygen atoms in total. The minimum absolute atomic E-state index is 0. The predicted molar refractivity (Wildman–Crippen MR) is 142 cm³/mol. The first-order chi connectivity index (χ1) is 18.0. The summed E-state index contributed by atoms with van der Waals surface area (Å²) in [6.07, 6.45) is 0. The van der Waals surface area contributed by atoms with Crippen molar-refractivity contribution in [2.75, 3.05) is 0 Å². The zero-order chi connectivity index (χ0) is 28.9. The molecule has 4 aromatic rings.